The molecule has 0 fully saturated rings. The van der Waals surface area contributed by atoms with Crippen LogP contribution in [0.4, 0.5) is 13.2 Å². The molecule has 4 nitrogen and oxygen atoms in total. The van der Waals surface area contributed by atoms with E-state index in [0.717, 1.165) is 17.7 Å². The summed E-state index contributed by atoms with van der Waals surface area (Å²) in [6.45, 7) is -0.0272. The molecule has 0 bridgehead atoms. The molecule has 0 atom stereocenters. The monoisotopic (exact) mass is 396 g/mol. The Kier molecular flexibility index (Phi) is 5.03. The predicted molar refractivity (Wildman–Crippen MR) is 101 cm³/mol. The highest BCUT2D eigenvalue weighted by Crippen LogP contribution is 2.32. The molecule has 0 aliphatic carbocycles. The summed E-state index contributed by atoms with van der Waals surface area (Å²) in [5.41, 5.74) is 1.05. The van der Waals surface area contributed by atoms with Crippen molar-refractivity contribution >= 4 is 0 Å². The average molecular weight is 396 g/mol. The molecule has 0 N–H and O–H groups in total. The highest BCUT2D eigenvalue weighted by atomic mass is 19.4. The van der Waals surface area contributed by atoms with Crippen LogP contribution < -0.4 is 4.74 Å². The lowest BCUT2D eigenvalue weighted by Gasteiger charge is -2.11. The van der Waals surface area contributed by atoms with Gasteiger partial charge in [-0.2, -0.15) is 13.2 Å². The number of halogens is 3. The van der Waals surface area contributed by atoms with Crippen LogP contribution in [0.5, 0.6) is 5.75 Å². The van der Waals surface area contributed by atoms with E-state index in [1.165, 1.54) is 6.07 Å². The Morgan fingerprint density at radius 1 is 0.793 bits per heavy atom. The van der Waals surface area contributed by atoms with Crippen LogP contribution in [-0.2, 0) is 12.8 Å². The van der Waals surface area contributed by atoms with E-state index in [0.29, 0.717) is 22.8 Å². The first-order valence-corrected chi connectivity index (χ1v) is 8.78. The fourth-order valence-corrected chi connectivity index (χ4v) is 2.80. The zero-order valence-corrected chi connectivity index (χ0v) is 15.1. The highest BCUT2D eigenvalue weighted by molar-refractivity contribution is 5.64. The maximum absolute atomic E-state index is 12.9. The van der Waals surface area contributed by atoms with E-state index in [1.807, 2.05) is 30.3 Å². The lowest BCUT2D eigenvalue weighted by Crippen LogP contribution is -2.06. The van der Waals surface area contributed by atoms with Crippen LogP contribution in [-0.4, -0.2) is 10.2 Å². The van der Waals surface area contributed by atoms with E-state index >= 15 is 0 Å². The first-order chi connectivity index (χ1) is 14.0. The highest BCUT2D eigenvalue weighted by Gasteiger charge is 2.30. The van der Waals surface area contributed by atoms with Crippen LogP contribution in [0.15, 0.2) is 83.3 Å². The van der Waals surface area contributed by atoms with Gasteiger partial charge in [0.05, 0.1) is 11.1 Å². The van der Waals surface area contributed by atoms with Crippen LogP contribution in [0, 0.1) is 0 Å². The molecular formula is C22H15F3N2O2. The molecule has 0 radical (unpaired) electrons. The summed E-state index contributed by atoms with van der Waals surface area (Å²) in [5, 5.41) is 8.14. The van der Waals surface area contributed by atoms with Crippen molar-refractivity contribution in [2.24, 2.45) is 0 Å². The first kappa shape index (κ1) is 18.7. The molecule has 3 aromatic carbocycles. The van der Waals surface area contributed by atoms with E-state index in [-0.39, 0.29) is 12.5 Å². The minimum absolute atomic E-state index is 0.0272. The quantitative estimate of drug-likeness (QED) is 0.415. The second-order valence-corrected chi connectivity index (χ2v) is 6.26. The molecule has 0 aliphatic rings. The molecule has 4 rings (SSSR count). The van der Waals surface area contributed by atoms with Gasteiger partial charge < -0.3 is 9.15 Å². The van der Waals surface area contributed by atoms with Gasteiger partial charge in [-0.3, -0.25) is 0 Å². The van der Waals surface area contributed by atoms with E-state index in [2.05, 4.69) is 10.2 Å². The Morgan fingerprint density at radius 2 is 1.52 bits per heavy atom. The molecule has 0 unspecified atom stereocenters. The van der Waals surface area contributed by atoms with Gasteiger partial charge in [-0.15, -0.1) is 10.2 Å². The number of para-hydroxylation sites is 1. The third-order valence-electron chi connectivity index (χ3n) is 4.21. The number of rotatable bonds is 5. The van der Waals surface area contributed by atoms with Crippen LogP contribution in [0.3, 0.4) is 0 Å². The van der Waals surface area contributed by atoms with Crippen molar-refractivity contribution in [1.29, 1.82) is 0 Å². The topological polar surface area (TPSA) is 48.2 Å². The summed E-state index contributed by atoms with van der Waals surface area (Å²) < 4.78 is 50.2. The molecule has 0 aliphatic heterocycles. The fraction of sp³-hybridized carbons (Fsp3) is 0.0909. The SMILES string of the molecule is FC(F)(F)c1cccc(COc2ccccc2-c2nnc(-c3ccccc3)o2)c1. The summed E-state index contributed by atoms with van der Waals surface area (Å²) in [6, 6.07) is 21.4. The van der Waals surface area contributed by atoms with Gasteiger partial charge in [-0.1, -0.05) is 42.5 Å². The maximum atomic E-state index is 12.9. The number of benzene rings is 3. The second-order valence-electron chi connectivity index (χ2n) is 6.26. The van der Waals surface area contributed by atoms with Gasteiger partial charge in [0.2, 0.25) is 5.89 Å². The van der Waals surface area contributed by atoms with E-state index in [1.54, 1.807) is 30.3 Å². The van der Waals surface area contributed by atoms with E-state index < -0.39 is 11.7 Å². The van der Waals surface area contributed by atoms with Crippen molar-refractivity contribution in [2.75, 3.05) is 0 Å². The van der Waals surface area contributed by atoms with Crippen LogP contribution in [0.25, 0.3) is 22.9 Å². The largest absolute Gasteiger partial charge is 0.488 e. The van der Waals surface area contributed by atoms with Crippen molar-refractivity contribution in [1.82, 2.24) is 10.2 Å². The Labute approximate surface area is 164 Å². The minimum atomic E-state index is -4.40. The molecule has 0 saturated carbocycles. The van der Waals surface area contributed by atoms with Crippen molar-refractivity contribution < 1.29 is 22.3 Å². The Hall–Kier alpha value is -3.61. The smallest absolute Gasteiger partial charge is 0.416 e. The van der Waals surface area contributed by atoms with Gasteiger partial charge in [-0.25, -0.2) is 0 Å². The molecule has 146 valence electrons. The van der Waals surface area contributed by atoms with Crippen molar-refractivity contribution in [3.63, 3.8) is 0 Å². The second kappa shape index (κ2) is 7.79. The molecular weight excluding hydrogens is 381 g/mol. The zero-order valence-electron chi connectivity index (χ0n) is 15.1. The number of nitrogens with zero attached hydrogens (tertiary/aromatic N) is 2. The van der Waals surface area contributed by atoms with Gasteiger partial charge in [0.15, 0.2) is 0 Å². The molecule has 1 heterocycles. The first-order valence-electron chi connectivity index (χ1n) is 8.78. The van der Waals surface area contributed by atoms with Gasteiger partial charge in [-0.05, 0) is 42.0 Å². The molecule has 29 heavy (non-hydrogen) atoms. The van der Waals surface area contributed by atoms with Crippen molar-refractivity contribution in [2.45, 2.75) is 12.8 Å². The zero-order chi connectivity index (χ0) is 20.3. The molecule has 4 aromatic rings. The van der Waals surface area contributed by atoms with Crippen molar-refractivity contribution in [3.8, 4) is 28.7 Å². The normalized spacial score (nSPS) is 11.4. The van der Waals surface area contributed by atoms with Gasteiger partial charge >= 0.3 is 6.18 Å². The van der Waals surface area contributed by atoms with E-state index in [4.69, 9.17) is 9.15 Å². The number of alkyl halides is 3. The molecule has 0 saturated heterocycles. The van der Waals surface area contributed by atoms with Gasteiger partial charge in [0.1, 0.15) is 12.4 Å². The molecule has 7 heteroatoms. The number of hydrogen-bond donors (Lipinski definition) is 0. The summed E-state index contributed by atoms with van der Waals surface area (Å²) in [4.78, 5) is 0. The maximum Gasteiger partial charge on any atom is 0.416 e. The molecule has 0 spiro atoms. The lowest BCUT2D eigenvalue weighted by atomic mass is 10.1. The molecule has 1 aromatic heterocycles. The minimum Gasteiger partial charge on any atom is -0.488 e. The summed E-state index contributed by atoms with van der Waals surface area (Å²) >= 11 is 0. The Bertz CT molecular complexity index is 1110. The lowest BCUT2D eigenvalue weighted by molar-refractivity contribution is -0.137. The number of ether oxygens (including phenoxy) is 1. The van der Waals surface area contributed by atoms with Crippen LogP contribution >= 0.6 is 0 Å². The number of aromatic nitrogens is 2. The third kappa shape index (κ3) is 4.29. The fourth-order valence-electron chi connectivity index (χ4n) is 2.80. The third-order valence-corrected chi connectivity index (χ3v) is 4.21. The van der Waals surface area contributed by atoms with E-state index in [9.17, 15) is 13.2 Å². The standard InChI is InChI=1S/C22H15F3N2O2/c23-22(24,25)17-10-6-7-15(13-17)14-28-19-12-5-4-11-18(19)21-27-26-20(29-21)16-8-2-1-3-9-16/h1-13H,14H2. The summed E-state index contributed by atoms with van der Waals surface area (Å²) in [6.07, 6.45) is -4.40. The Balaban J connectivity index is 1.56. The number of hydrogen-bond acceptors (Lipinski definition) is 4. The summed E-state index contributed by atoms with van der Waals surface area (Å²) in [5.74, 6) is 1.07. The predicted octanol–water partition coefficient (Wildman–Crippen LogP) is 6.00. The van der Waals surface area contributed by atoms with Gasteiger partial charge in [0.25, 0.3) is 5.89 Å². The van der Waals surface area contributed by atoms with Crippen LogP contribution in [0.2, 0.25) is 0 Å². The van der Waals surface area contributed by atoms with Crippen molar-refractivity contribution in [3.05, 3.63) is 90.0 Å². The summed E-state index contributed by atoms with van der Waals surface area (Å²) in [7, 11) is 0. The Morgan fingerprint density at radius 3 is 2.31 bits per heavy atom. The average Bonchev–Trinajstić information content (AvgIpc) is 3.23. The van der Waals surface area contributed by atoms with Gasteiger partial charge in [0, 0.05) is 5.56 Å². The van der Waals surface area contributed by atoms with Crippen LogP contribution in [0.1, 0.15) is 11.1 Å². The molecule has 0 amide bonds.